The van der Waals surface area contributed by atoms with Gasteiger partial charge in [-0.3, -0.25) is 13.9 Å². The van der Waals surface area contributed by atoms with Crippen LogP contribution in [0.3, 0.4) is 0 Å². The summed E-state index contributed by atoms with van der Waals surface area (Å²) in [5.74, 6) is 0.1000. The summed E-state index contributed by atoms with van der Waals surface area (Å²) in [5, 5.41) is 0. The van der Waals surface area contributed by atoms with Crippen molar-refractivity contribution in [3.63, 3.8) is 0 Å². The van der Waals surface area contributed by atoms with E-state index in [2.05, 4.69) is 0 Å². The SMILES string of the molecule is CCn1ccn(CCCC(=O)N(C)C)c1=O. The second-order valence-electron chi connectivity index (χ2n) is 3.95. The van der Waals surface area contributed by atoms with E-state index in [4.69, 9.17) is 0 Å². The highest BCUT2D eigenvalue weighted by molar-refractivity contribution is 5.75. The van der Waals surface area contributed by atoms with Gasteiger partial charge in [0.1, 0.15) is 0 Å². The van der Waals surface area contributed by atoms with Gasteiger partial charge in [0, 0.05) is 46.0 Å². The molecular formula is C11H19N3O2. The van der Waals surface area contributed by atoms with Gasteiger partial charge in [-0.25, -0.2) is 4.79 Å². The van der Waals surface area contributed by atoms with E-state index in [0.717, 1.165) is 0 Å². The van der Waals surface area contributed by atoms with Crippen LogP contribution in [0.1, 0.15) is 19.8 Å². The van der Waals surface area contributed by atoms with Gasteiger partial charge in [0.05, 0.1) is 0 Å². The second kappa shape index (κ2) is 5.53. The van der Waals surface area contributed by atoms with E-state index in [9.17, 15) is 9.59 Å². The van der Waals surface area contributed by atoms with E-state index >= 15 is 0 Å². The van der Waals surface area contributed by atoms with Gasteiger partial charge in [-0.2, -0.15) is 0 Å². The minimum absolute atomic E-state index is 0.000183. The lowest BCUT2D eigenvalue weighted by molar-refractivity contribution is -0.128. The third kappa shape index (κ3) is 2.98. The molecule has 0 fully saturated rings. The number of hydrogen-bond donors (Lipinski definition) is 0. The maximum Gasteiger partial charge on any atom is 0.328 e. The summed E-state index contributed by atoms with van der Waals surface area (Å²) in [7, 11) is 3.48. The Bertz CT molecular complexity index is 404. The Morgan fingerprint density at radius 3 is 2.44 bits per heavy atom. The molecule has 1 rings (SSSR count). The van der Waals surface area contributed by atoms with E-state index < -0.39 is 0 Å². The minimum atomic E-state index is -0.000183. The summed E-state index contributed by atoms with van der Waals surface area (Å²) in [6, 6.07) is 0. The van der Waals surface area contributed by atoms with Crippen molar-refractivity contribution >= 4 is 5.91 Å². The predicted octanol–water partition coefficient (Wildman–Crippen LogP) is 0.538. The lowest BCUT2D eigenvalue weighted by atomic mass is 10.3. The van der Waals surface area contributed by atoms with E-state index in [1.54, 1.807) is 40.5 Å². The molecule has 90 valence electrons. The van der Waals surface area contributed by atoms with Crippen LogP contribution in [0.4, 0.5) is 0 Å². The third-order valence-electron chi connectivity index (χ3n) is 2.55. The maximum atomic E-state index is 11.6. The molecule has 0 aliphatic rings. The highest BCUT2D eigenvalue weighted by Gasteiger charge is 2.05. The molecule has 1 aromatic rings. The zero-order valence-corrected chi connectivity index (χ0v) is 10.1. The molecule has 0 saturated carbocycles. The van der Waals surface area contributed by atoms with Crippen molar-refractivity contribution in [1.29, 1.82) is 0 Å². The molecule has 0 aliphatic carbocycles. The Labute approximate surface area is 95.3 Å². The van der Waals surface area contributed by atoms with Crippen LogP contribution in [0.15, 0.2) is 17.2 Å². The Morgan fingerprint density at radius 1 is 1.31 bits per heavy atom. The number of carbonyl (C=O) groups excluding carboxylic acids is 1. The average molecular weight is 225 g/mol. The van der Waals surface area contributed by atoms with E-state index in [0.29, 0.717) is 25.9 Å². The number of carbonyl (C=O) groups is 1. The van der Waals surface area contributed by atoms with Gasteiger partial charge >= 0.3 is 5.69 Å². The molecule has 0 unspecified atom stereocenters. The number of amides is 1. The van der Waals surface area contributed by atoms with Crippen molar-refractivity contribution in [3.05, 3.63) is 22.9 Å². The van der Waals surface area contributed by atoms with Crippen LogP contribution in [0, 0.1) is 0 Å². The molecule has 1 amide bonds. The minimum Gasteiger partial charge on any atom is -0.349 e. The van der Waals surface area contributed by atoms with E-state index in [-0.39, 0.29) is 11.6 Å². The molecule has 0 spiro atoms. The number of imidazole rings is 1. The van der Waals surface area contributed by atoms with Gasteiger partial charge in [-0.1, -0.05) is 0 Å². The van der Waals surface area contributed by atoms with Crippen molar-refractivity contribution in [2.75, 3.05) is 14.1 Å². The number of nitrogens with zero attached hydrogens (tertiary/aromatic N) is 3. The Kier molecular flexibility index (Phi) is 4.34. The lowest BCUT2D eigenvalue weighted by Crippen LogP contribution is -2.25. The molecular weight excluding hydrogens is 206 g/mol. The fourth-order valence-corrected chi connectivity index (χ4v) is 1.49. The number of aryl methyl sites for hydroxylation is 2. The largest absolute Gasteiger partial charge is 0.349 e. The van der Waals surface area contributed by atoms with Crippen LogP contribution < -0.4 is 5.69 Å². The molecule has 16 heavy (non-hydrogen) atoms. The molecule has 0 radical (unpaired) electrons. The summed E-state index contributed by atoms with van der Waals surface area (Å²) in [4.78, 5) is 24.5. The Balaban J connectivity index is 2.46. The fourth-order valence-electron chi connectivity index (χ4n) is 1.49. The van der Waals surface area contributed by atoms with Crippen molar-refractivity contribution in [2.24, 2.45) is 0 Å². The molecule has 0 aromatic carbocycles. The predicted molar refractivity (Wildman–Crippen MR) is 62.3 cm³/mol. The zero-order chi connectivity index (χ0) is 12.1. The quantitative estimate of drug-likeness (QED) is 0.734. The topological polar surface area (TPSA) is 47.2 Å². The zero-order valence-electron chi connectivity index (χ0n) is 10.1. The molecule has 1 aromatic heterocycles. The van der Waals surface area contributed by atoms with Crippen LogP contribution >= 0.6 is 0 Å². The monoisotopic (exact) mass is 225 g/mol. The summed E-state index contributed by atoms with van der Waals surface area (Å²) in [6.07, 6.45) is 4.73. The van der Waals surface area contributed by atoms with E-state index in [1.807, 2.05) is 6.92 Å². The van der Waals surface area contributed by atoms with Crippen LogP contribution in [-0.2, 0) is 17.9 Å². The molecule has 0 N–H and O–H groups in total. The van der Waals surface area contributed by atoms with Crippen molar-refractivity contribution < 1.29 is 4.79 Å². The second-order valence-corrected chi connectivity index (χ2v) is 3.95. The highest BCUT2D eigenvalue weighted by atomic mass is 16.2. The summed E-state index contributed by atoms with van der Waals surface area (Å²) in [5.41, 5.74) is -0.000183. The lowest BCUT2D eigenvalue weighted by Gasteiger charge is -2.09. The van der Waals surface area contributed by atoms with Crippen molar-refractivity contribution in [3.8, 4) is 0 Å². The number of rotatable bonds is 5. The molecule has 0 atom stereocenters. The molecule has 0 bridgehead atoms. The standard InChI is InChI=1S/C11H19N3O2/c1-4-13-8-9-14(11(13)16)7-5-6-10(15)12(2)3/h8-9H,4-7H2,1-3H3. The van der Waals surface area contributed by atoms with Gasteiger partial charge in [0.15, 0.2) is 0 Å². The van der Waals surface area contributed by atoms with Crippen molar-refractivity contribution in [1.82, 2.24) is 14.0 Å². The normalized spacial score (nSPS) is 10.4. The molecule has 1 heterocycles. The smallest absolute Gasteiger partial charge is 0.328 e. The highest BCUT2D eigenvalue weighted by Crippen LogP contribution is 1.96. The average Bonchev–Trinajstić information content (AvgIpc) is 2.59. The first-order valence-corrected chi connectivity index (χ1v) is 5.52. The third-order valence-corrected chi connectivity index (χ3v) is 2.55. The van der Waals surface area contributed by atoms with Crippen LogP contribution in [-0.4, -0.2) is 34.0 Å². The first-order valence-electron chi connectivity index (χ1n) is 5.52. The molecule has 5 heteroatoms. The van der Waals surface area contributed by atoms with Gasteiger partial charge < -0.3 is 4.90 Å². The van der Waals surface area contributed by atoms with Gasteiger partial charge in [0.25, 0.3) is 0 Å². The molecule has 5 nitrogen and oxygen atoms in total. The number of hydrogen-bond acceptors (Lipinski definition) is 2. The molecule has 0 aliphatic heterocycles. The van der Waals surface area contributed by atoms with Gasteiger partial charge in [0.2, 0.25) is 5.91 Å². The Hall–Kier alpha value is -1.52. The summed E-state index contributed by atoms with van der Waals surface area (Å²) in [6.45, 7) is 3.22. The number of aromatic nitrogens is 2. The van der Waals surface area contributed by atoms with Gasteiger partial charge in [-0.15, -0.1) is 0 Å². The van der Waals surface area contributed by atoms with Crippen LogP contribution in [0.5, 0.6) is 0 Å². The Morgan fingerprint density at radius 2 is 1.94 bits per heavy atom. The fraction of sp³-hybridized carbons (Fsp3) is 0.636. The maximum absolute atomic E-state index is 11.6. The molecule has 0 saturated heterocycles. The summed E-state index contributed by atoms with van der Waals surface area (Å²) < 4.78 is 3.29. The van der Waals surface area contributed by atoms with E-state index in [1.165, 1.54) is 0 Å². The van der Waals surface area contributed by atoms with Crippen LogP contribution in [0.2, 0.25) is 0 Å². The summed E-state index contributed by atoms with van der Waals surface area (Å²) >= 11 is 0. The van der Waals surface area contributed by atoms with Crippen LogP contribution in [0.25, 0.3) is 0 Å². The first kappa shape index (κ1) is 12.5. The van der Waals surface area contributed by atoms with Gasteiger partial charge in [-0.05, 0) is 13.3 Å². The first-order chi connectivity index (χ1) is 7.56. The van der Waals surface area contributed by atoms with Crippen molar-refractivity contribution in [2.45, 2.75) is 32.9 Å².